The normalized spacial score (nSPS) is 11.0. The maximum Gasteiger partial charge on any atom is 0.138 e. The van der Waals surface area contributed by atoms with Gasteiger partial charge >= 0.3 is 0 Å². The SMILES string of the molecule is CCCC(=O)C(CC)CO.CCCC(=O)C(CC)CO.CCO.CCO.[Ti]. The Morgan fingerprint density at radius 3 is 0.963 bits per heavy atom. The molecular weight excluding hydrogens is 384 g/mol. The average Bonchev–Trinajstić information content (AvgIpc) is 2.59. The maximum atomic E-state index is 11.0. The third-order valence-electron chi connectivity index (χ3n) is 3.33. The molecule has 0 saturated heterocycles. The first-order valence-corrected chi connectivity index (χ1v) is 9.83. The predicted octanol–water partition coefficient (Wildman–Crippen LogP) is 2.74. The molecular formula is C20H44O6Ti. The smallest absolute Gasteiger partial charge is 0.138 e. The van der Waals surface area contributed by atoms with Crippen LogP contribution in [0, 0.1) is 11.8 Å². The first-order chi connectivity index (χ1) is 12.3. The summed E-state index contributed by atoms with van der Waals surface area (Å²) >= 11 is 0. The van der Waals surface area contributed by atoms with Crippen LogP contribution in [0.4, 0.5) is 0 Å². The second kappa shape index (κ2) is 33.5. The van der Waals surface area contributed by atoms with Gasteiger partial charge in [-0.05, 0) is 39.5 Å². The van der Waals surface area contributed by atoms with E-state index >= 15 is 0 Å². The number of hydrogen-bond acceptors (Lipinski definition) is 6. The Labute approximate surface area is 181 Å². The van der Waals surface area contributed by atoms with Crippen molar-refractivity contribution < 1.29 is 51.7 Å². The Morgan fingerprint density at radius 2 is 0.852 bits per heavy atom. The van der Waals surface area contributed by atoms with Crippen LogP contribution >= 0.6 is 0 Å². The molecule has 0 aliphatic heterocycles. The van der Waals surface area contributed by atoms with E-state index in [0.29, 0.717) is 12.8 Å². The standard InChI is InChI=1S/2C8H16O2.2C2H6O.Ti/c2*1-3-5-8(10)7(4-2)6-9;2*1-2-3;/h2*7,9H,3-6H2,1-2H3;2*3H,2H2,1H3;. The zero-order valence-corrected chi connectivity index (χ0v) is 19.9. The molecule has 7 heteroatoms. The first-order valence-electron chi connectivity index (χ1n) is 9.83. The molecule has 6 nitrogen and oxygen atoms in total. The molecule has 0 aliphatic carbocycles. The molecule has 0 rings (SSSR count). The Bertz CT molecular complexity index is 252. The van der Waals surface area contributed by atoms with E-state index in [4.69, 9.17) is 20.4 Å². The molecule has 0 aromatic heterocycles. The molecule has 0 saturated carbocycles. The number of hydrogen-bond donors (Lipinski definition) is 4. The van der Waals surface area contributed by atoms with Gasteiger partial charge in [0.15, 0.2) is 0 Å². The van der Waals surface area contributed by atoms with Gasteiger partial charge in [-0.1, -0.05) is 27.7 Å². The Kier molecular flexibility index (Phi) is 46.6. The van der Waals surface area contributed by atoms with E-state index in [1.165, 1.54) is 0 Å². The fraction of sp³-hybridized carbons (Fsp3) is 0.900. The van der Waals surface area contributed by atoms with E-state index < -0.39 is 0 Å². The van der Waals surface area contributed by atoms with Crippen LogP contribution in [0.1, 0.15) is 80.1 Å². The molecule has 2 unspecified atom stereocenters. The molecule has 0 heterocycles. The third kappa shape index (κ3) is 30.8. The van der Waals surface area contributed by atoms with Crippen molar-refractivity contribution in [1.82, 2.24) is 0 Å². The largest absolute Gasteiger partial charge is 0.397 e. The van der Waals surface area contributed by atoms with Crippen molar-refractivity contribution in [2.75, 3.05) is 26.4 Å². The van der Waals surface area contributed by atoms with E-state index in [1.54, 1.807) is 13.8 Å². The molecule has 0 amide bonds. The van der Waals surface area contributed by atoms with Gasteiger partial charge in [-0.15, -0.1) is 0 Å². The van der Waals surface area contributed by atoms with Crippen LogP contribution < -0.4 is 0 Å². The van der Waals surface area contributed by atoms with Crippen molar-refractivity contribution in [2.24, 2.45) is 11.8 Å². The molecule has 0 aliphatic rings. The molecule has 0 aromatic rings. The summed E-state index contributed by atoms with van der Waals surface area (Å²) in [4.78, 5) is 22.1. The minimum absolute atomic E-state index is 0. The van der Waals surface area contributed by atoms with E-state index in [0.717, 1.165) is 25.7 Å². The van der Waals surface area contributed by atoms with Gasteiger partial charge < -0.3 is 20.4 Å². The van der Waals surface area contributed by atoms with Crippen LogP contribution in [0.3, 0.4) is 0 Å². The molecule has 0 aromatic carbocycles. The van der Waals surface area contributed by atoms with Gasteiger partial charge in [0.2, 0.25) is 0 Å². The van der Waals surface area contributed by atoms with Crippen molar-refractivity contribution in [3.63, 3.8) is 0 Å². The van der Waals surface area contributed by atoms with Crippen LogP contribution in [0.25, 0.3) is 0 Å². The van der Waals surface area contributed by atoms with Gasteiger partial charge in [-0.3, -0.25) is 9.59 Å². The first kappa shape index (κ1) is 37.6. The van der Waals surface area contributed by atoms with Gasteiger partial charge in [0, 0.05) is 59.6 Å². The fourth-order valence-electron chi connectivity index (χ4n) is 1.82. The van der Waals surface area contributed by atoms with E-state index in [1.807, 2.05) is 27.7 Å². The van der Waals surface area contributed by atoms with Gasteiger partial charge in [-0.25, -0.2) is 0 Å². The molecule has 27 heavy (non-hydrogen) atoms. The van der Waals surface area contributed by atoms with Crippen LogP contribution in [0.5, 0.6) is 0 Å². The number of Topliss-reactive ketones (excluding diaryl/α,β-unsaturated/α-hetero) is 2. The second-order valence-electron chi connectivity index (χ2n) is 5.64. The predicted molar refractivity (Wildman–Crippen MR) is 107 cm³/mol. The number of ketones is 2. The number of aliphatic hydroxyl groups excluding tert-OH is 4. The van der Waals surface area contributed by atoms with Crippen LogP contribution in [-0.4, -0.2) is 58.4 Å². The van der Waals surface area contributed by atoms with Gasteiger partial charge in [-0.2, -0.15) is 0 Å². The molecule has 2 atom stereocenters. The number of carbonyl (C=O) groups excluding carboxylic acids is 2. The second-order valence-corrected chi connectivity index (χ2v) is 5.64. The van der Waals surface area contributed by atoms with Crippen LogP contribution in [0.15, 0.2) is 0 Å². The van der Waals surface area contributed by atoms with Crippen molar-refractivity contribution >= 4 is 11.6 Å². The molecule has 164 valence electrons. The summed E-state index contributed by atoms with van der Waals surface area (Å²) in [6, 6.07) is 0. The van der Waals surface area contributed by atoms with Gasteiger partial charge in [0.25, 0.3) is 0 Å². The molecule has 0 bridgehead atoms. The summed E-state index contributed by atoms with van der Waals surface area (Å²) < 4.78 is 0. The maximum absolute atomic E-state index is 11.0. The average molecular weight is 428 g/mol. The Balaban J connectivity index is -0.0000000899. The summed E-state index contributed by atoms with van der Waals surface area (Å²) in [7, 11) is 0. The Morgan fingerprint density at radius 1 is 0.630 bits per heavy atom. The van der Waals surface area contributed by atoms with Crippen molar-refractivity contribution in [2.45, 2.75) is 80.1 Å². The molecule has 0 radical (unpaired) electrons. The van der Waals surface area contributed by atoms with Crippen LogP contribution in [-0.2, 0) is 31.3 Å². The summed E-state index contributed by atoms with van der Waals surface area (Å²) in [6.45, 7) is 11.7. The minimum atomic E-state index is -0.111. The summed E-state index contributed by atoms with van der Waals surface area (Å²) in [6.07, 6.45) is 4.51. The zero-order valence-electron chi connectivity index (χ0n) is 18.3. The monoisotopic (exact) mass is 428 g/mol. The summed E-state index contributed by atoms with van der Waals surface area (Å²) in [5, 5.41) is 32.5. The Hall–Kier alpha value is -0.106. The minimum Gasteiger partial charge on any atom is -0.397 e. The quantitative estimate of drug-likeness (QED) is 0.398. The number of rotatable bonds is 10. The van der Waals surface area contributed by atoms with Crippen molar-refractivity contribution in [3.05, 3.63) is 0 Å². The van der Waals surface area contributed by atoms with E-state index in [2.05, 4.69) is 0 Å². The fourth-order valence-corrected chi connectivity index (χ4v) is 1.82. The van der Waals surface area contributed by atoms with Crippen molar-refractivity contribution in [3.8, 4) is 0 Å². The van der Waals surface area contributed by atoms with Gasteiger partial charge in [0.05, 0.1) is 13.2 Å². The molecule has 0 fully saturated rings. The van der Waals surface area contributed by atoms with Gasteiger partial charge in [0.1, 0.15) is 11.6 Å². The number of aliphatic hydroxyl groups is 4. The third-order valence-corrected chi connectivity index (χ3v) is 3.33. The summed E-state index contributed by atoms with van der Waals surface area (Å²) in [5.41, 5.74) is 0. The van der Waals surface area contributed by atoms with E-state index in [9.17, 15) is 9.59 Å². The van der Waals surface area contributed by atoms with E-state index in [-0.39, 0.29) is 71.5 Å². The zero-order chi connectivity index (χ0) is 21.4. The summed E-state index contributed by atoms with van der Waals surface area (Å²) in [5.74, 6) is 0.180. The molecule has 4 N–H and O–H groups in total. The number of carbonyl (C=O) groups is 2. The van der Waals surface area contributed by atoms with Crippen molar-refractivity contribution in [1.29, 1.82) is 0 Å². The topological polar surface area (TPSA) is 115 Å². The molecule has 0 spiro atoms. The van der Waals surface area contributed by atoms with Crippen LogP contribution in [0.2, 0.25) is 0 Å².